The molecule has 2 heterocycles. The number of carbonyl (C=O) groups excluding carboxylic acids is 1. The number of aromatic nitrogens is 1. The number of non-ortho nitro benzene ring substituents is 1. The molecule has 0 atom stereocenters. The van der Waals surface area contributed by atoms with E-state index in [1.54, 1.807) is 6.07 Å². The van der Waals surface area contributed by atoms with E-state index in [-0.39, 0.29) is 11.6 Å². The molecule has 2 aromatic rings. The van der Waals surface area contributed by atoms with Crippen molar-refractivity contribution in [3.05, 3.63) is 44.4 Å². The van der Waals surface area contributed by atoms with Crippen LogP contribution in [-0.4, -0.2) is 28.9 Å². The minimum absolute atomic E-state index is 0.0844. The predicted octanol–water partition coefficient (Wildman–Crippen LogP) is 4.41. The number of carbonyl (C=O) groups is 1. The van der Waals surface area contributed by atoms with E-state index in [1.807, 2.05) is 13.8 Å². The number of nitro groups is 1. The van der Waals surface area contributed by atoms with Crippen molar-refractivity contribution in [2.24, 2.45) is 5.92 Å². The third-order valence-corrected chi connectivity index (χ3v) is 5.94. The average Bonchev–Trinajstić information content (AvgIpc) is 3.01. The van der Waals surface area contributed by atoms with Gasteiger partial charge in [0.2, 0.25) is 0 Å². The molecule has 0 aliphatic carbocycles. The van der Waals surface area contributed by atoms with E-state index in [0.29, 0.717) is 16.6 Å². The molecular weight excluding hydrogens is 364 g/mol. The smallest absolute Gasteiger partial charge is 0.270 e. The van der Waals surface area contributed by atoms with Crippen molar-refractivity contribution in [2.45, 2.75) is 40.0 Å². The van der Waals surface area contributed by atoms with Gasteiger partial charge in [-0.25, -0.2) is 4.98 Å². The lowest BCUT2D eigenvalue weighted by molar-refractivity contribution is -0.384. The van der Waals surface area contributed by atoms with Crippen LogP contribution in [0.2, 0.25) is 0 Å². The molecule has 3 rings (SSSR count). The van der Waals surface area contributed by atoms with E-state index < -0.39 is 4.92 Å². The van der Waals surface area contributed by atoms with E-state index in [0.717, 1.165) is 48.6 Å². The Morgan fingerprint density at radius 1 is 1.41 bits per heavy atom. The van der Waals surface area contributed by atoms with E-state index in [1.165, 1.54) is 23.5 Å². The van der Waals surface area contributed by atoms with Gasteiger partial charge in [-0.1, -0.05) is 13.8 Å². The second-order valence-corrected chi connectivity index (χ2v) is 8.16. The minimum atomic E-state index is -0.471. The SMILES string of the molecule is CCc1nc(NC(=O)c2cc([N+](=O)[O-])ccc2N2CCC(C)CC2)sc1C. The van der Waals surface area contributed by atoms with Gasteiger partial charge in [0.05, 0.1) is 21.9 Å². The van der Waals surface area contributed by atoms with Crippen LogP contribution in [0.5, 0.6) is 0 Å². The lowest BCUT2D eigenvalue weighted by Crippen LogP contribution is -2.34. The highest BCUT2D eigenvalue weighted by molar-refractivity contribution is 7.15. The van der Waals surface area contributed by atoms with Crippen LogP contribution in [0.4, 0.5) is 16.5 Å². The number of hydrogen-bond donors (Lipinski definition) is 1. The predicted molar refractivity (Wildman–Crippen MR) is 108 cm³/mol. The topological polar surface area (TPSA) is 88.4 Å². The van der Waals surface area contributed by atoms with Crippen LogP contribution < -0.4 is 10.2 Å². The molecule has 144 valence electrons. The molecule has 1 amide bonds. The molecular formula is C19H24N4O3S. The number of thiazole rings is 1. The number of amides is 1. The Morgan fingerprint density at radius 2 is 2.11 bits per heavy atom. The second-order valence-electron chi connectivity index (χ2n) is 6.96. The summed E-state index contributed by atoms with van der Waals surface area (Å²) in [5, 5.41) is 14.6. The maximum atomic E-state index is 12.9. The maximum Gasteiger partial charge on any atom is 0.270 e. The van der Waals surface area contributed by atoms with Gasteiger partial charge in [0.25, 0.3) is 11.6 Å². The van der Waals surface area contributed by atoms with Gasteiger partial charge < -0.3 is 4.90 Å². The van der Waals surface area contributed by atoms with Crippen molar-refractivity contribution in [2.75, 3.05) is 23.3 Å². The van der Waals surface area contributed by atoms with Gasteiger partial charge in [0, 0.05) is 30.1 Å². The first kappa shape index (κ1) is 19.3. The van der Waals surface area contributed by atoms with Crippen LogP contribution in [0, 0.1) is 23.0 Å². The average molecular weight is 388 g/mol. The van der Waals surface area contributed by atoms with Crippen LogP contribution >= 0.6 is 11.3 Å². The fourth-order valence-electron chi connectivity index (χ4n) is 3.32. The molecule has 1 N–H and O–H groups in total. The number of rotatable bonds is 5. The summed E-state index contributed by atoms with van der Waals surface area (Å²) in [6.07, 6.45) is 2.89. The molecule has 7 nitrogen and oxygen atoms in total. The molecule has 0 radical (unpaired) electrons. The summed E-state index contributed by atoms with van der Waals surface area (Å²) in [5.74, 6) is 0.297. The highest BCUT2D eigenvalue weighted by Crippen LogP contribution is 2.31. The summed E-state index contributed by atoms with van der Waals surface area (Å²) in [6.45, 7) is 7.89. The number of anilines is 2. The molecule has 1 aromatic carbocycles. The lowest BCUT2D eigenvalue weighted by atomic mass is 9.98. The molecule has 1 aliphatic heterocycles. The molecule has 1 aromatic heterocycles. The Hall–Kier alpha value is -2.48. The van der Waals surface area contributed by atoms with Crippen LogP contribution in [0.1, 0.15) is 47.6 Å². The molecule has 0 bridgehead atoms. The van der Waals surface area contributed by atoms with Crippen LogP contribution in [0.15, 0.2) is 18.2 Å². The first-order chi connectivity index (χ1) is 12.9. The molecule has 27 heavy (non-hydrogen) atoms. The van der Waals surface area contributed by atoms with Crippen LogP contribution in [-0.2, 0) is 6.42 Å². The number of aryl methyl sites for hydroxylation is 2. The molecule has 0 unspecified atom stereocenters. The fourth-order valence-corrected chi connectivity index (χ4v) is 4.22. The van der Waals surface area contributed by atoms with Crippen LogP contribution in [0.3, 0.4) is 0 Å². The first-order valence-corrected chi connectivity index (χ1v) is 10.0. The van der Waals surface area contributed by atoms with Crippen molar-refractivity contribution in [1.29, 1.82) is 0 Å². The molecule has 0 saturated carbocycles. The van der Waals surface area contributed by atoms with Gasteiger partial charge in [0.15, 0.2) is 5.13 Å². The van der Waals surface area contributed by atoms with Gasteiger partial charge in [-0.15, -0.1) is 11.3 Å². The monoisotopic (exact) mass is 388 g/mol. The van der Waals surface area contributed by atoms with Crippen molar-refractivity contribution in [3.63, 3.8) is 0 Å². The first-order valence-electron chi connectivity index (χ1n) is 9.20. The zero-order chi connectivity index (χ0) is 19.6. The second kappa shape index (κ2) is 8.04. The zero-order valence-electron chi connectivity index (χ0n) is 15.8. The van der Waals surface area contributed by atoms with E-state index in [9.17, 15) is 14.9 Å². The highest BCUT2D eigenvalue weighted by Gasteiger charge is 2.24. The summed E-state index contributed by atoms with van der Waals surface area (Å²) < 4.78 is 0. The standard InChI is InChI=1S/C19H24N4O3S/c1-4-16-13(3)27-19(20-16)21-18(24)15-11-14(23(25)26)5-6-17(15)22-9-7-12(2)8-10-22/h5-6,11-12H,4,7-10H2,1-3H3,(H,20,21,24). The highest BCUT2D eigenvalue weighted by atomic mass is 32.1. The van der Waals surface area contributed by atoms with Gasteiger partial charge in [-0.2, -0.15) is 0 Å². The summed E-state index contributed by atoms with van der Waals surface area (Å²) in [7, 11) is 0. The molecule has 8 heteroatoms. The van der Waals surface area contributed by atoms with Crippen molar-refractivity contribution in [1.82, 2.24) is 4.98 Å². The lowest BCUT2D eigenvalue weighted by Gasteiger charge is -2.33. The summed E-state index contributed by atoms with van der Waals surface area (Å²) in [5.41, 5.74) is 1.94. The van der Waals surface area contributed by atoms with Crippen LogP contribution in [0.25, 0.3) is 0 Å². The summed E-state index contributed by atoms with van der Waals surface area (Å²) >= 11 is 1.42. The fraction of sp³-hybridized carbons (Fsp3) is 0.474. The Bertz CT molecular complexity index is 857. The van der Waals surface area contributed by atoms with E-state index in [4.69, 9.17) is 0 Å². The minimum Gasteiger partial charge on any atom is -0.371 e. The third kappa shape index (κ3) is 4.27. The number of nitro benzene ring substituents is 1. The Kier molecular flexibility index (Phi) is 5.74. The number of piperidine rings is 1. The quantitative estimate of drug-likeness (QED) is 0.605. The van der Waals surface area contributed by atoms with Gasteiger partial charge >= 0.3 is 0 Å². The largest absolute Gasteiger partial charge is 0.371 e. The normalized spacial score (nSPS) is 15.0. The molecule has 1 fully saturated rings. The van der Waals surface area contributed by atoms with E-state index in [2.05, 4.69) is 22.1 Å². The Morgan fingerprint density at radius 3 is 2.70 bits per heavy atom. The van der Waals surface area contributed by atoms with Gasteiger partial charge in [0.1, 0.15) is 0 Å². The van der Waals surface area contributed by atoms with Crippen molar-refractivity contribution >= 4 is 33.8 Å². The number of nitrogens with one attached hydrogen (secondary N) is 1. The van der Waals surface area contributed by atoms with E-state index >= 15 is 0 Å². The molecule has 1 saturated heterocycles. The van der Waals surface area contributed by atoms with Gasteiger partial charge in [-0.3, -0.25) is 20.2 Å². The molecule has 1 aliphatic rings. The number of hydrogen-bond acceptors (Lipinski definition) is 6. The maximum absolute atomic E-state index is 12.9. The zero-order valence-corrected chi connectivity index (χ0v) is 16.6. The van der Waals surface area contributed by atoms with Gasteiger partial charge in [-0.05, 0) is 38.2 Å². The third-order valence-electron chi connectivity index (χ3n) is 5.01. The Balaban J connectivity index is 1.91. The molecule has 0 spiro atoms. The number of benzene rings is 1. The van der Waals surface area contributed by atoms with Crippen molar-refractivity contribution in [3.8, 4) is 0 Å². The Labute approximate surface area is 162 Å². The summed E-state index contributed by atoms with van der Waals surface area (Å²) in [4.78, 5) is 31.3. The number of nitrogens with zero attached hydrogens (tertiary/aromatic N) is 3. The van der Waals surface area contributed by atoms with Crippen molar-refractivity contribution < 1.29 is 9.72 Å². The summed E-state index contributed by atoms with van der Waals surface area (Å²) in [6, 6.07) is 4.52.